The average molecular weight is 343 g/mol. The number of aromatic nitrogens is 1. The second-order valence-electron chi connectivity index (χ2n) is 5.90. The van der Waals surface area contributed by atoms with Gasteiger partial charge in [-0.2, -0.15) is 13.2 Å². The minimum atomic E-state index is -4.63. The third-order valence-electron chi connectivity index (χ3n) is 3.98. The Morgan fingerprint density at radius 3 is 2.67 bits per heavy atom. The van der Waals surface area contributed by atoms with Crippen molar-refractivity contribution in [3.8, 4) is 0 Å². The molecular weight excluding hydrogens is 323 g/mol. The van der Waals surface area contributed by atoms with Crippen molar-refractivity contribution in [3.63, 3.8) is 0 Å². The van der Waals surface area contributed by atoms with E-state index in [1.807, 2.05) is 0 Å². The van der Waals surface area contributed by atoms with Crippen molar-refractivity contribution in [1.82, 2.24) is 4.57 Å². The number of rotatable bonds is 7. The van der Waals surface area contributed by atoms with E-state index in [1.165, 1.54) is 6.08 Å². The summed E-state index contributed by atoms with van der Waals surface area (Å²) in [5.74, 6) is -0.285. The van der Waals surface area contributed by atoms with Gasteiger partial charge in [0.15, 0.2) is 0 Å². The molecule has 7 heteroatoms. The highest BCUT2D eigenvalue weighted by Crippen LogP contribution is 2.37. The summed E-state index contributed by atoms with van der Waals surface area (Å²) in [6.45, 7) is 5.24. The highest BCUT2D eigenvalue weighted by molar-refractivity contribution is 5.74. The van der Waals surface area contributed by atoms with Crippen LogP contribution in [0.2, 0.25) is 0 Å². The summed E-state index contributed by atoms with van der Waals surface area (Å²) in [4.78, 5) is 24.4. The van der Waals surface area contributed by atoms with Crippen LogP contribution < -0.4 is 5.56 Å². The molecule has 1 heterocycles. The van der Waals surface area contributed by atoms with Crippen LogP contribution in [-0.4, -0.2) is 17.1 Å². The number of carbonyl (C=O) groups is 1. The standard InChI is InChI=1S/C17H20F3NO3/c1-3-5-12-10-21(15(22)9-13(12)17(18,19)20)14(8-11-6-7-11)16(23)24-4-2/h3,9-11,14H,1,4-8H2,2H3. The summed E-state index contributed by atoms with van der Waals surface area (Å²) in [5, 5.41) is 0. The van der Waals surface area contributed by atoms with Gasteiger partial charge in [0, 0.05) is 12.3 Å². The monoisotopic (exact) mass is 343 g/mol. The fourth-order valence-corrected chi connectivity index (χ4v) is 2.65. The molecule has 0 amide bonds. The number of hydrogen-bond donors (Lipinski definition) is 0. The maximum Gasteiger partial charge on any atom is 0.416 e. The molecule has 1 atom stereocenters. The molecule has 0 N–H and O–H groups in total. The molecule has 1 aromatic rings. The molecule has 0 radical (unpaired) electrons. The highest BCUT2D eigenvalue weighted by atomic mass is 19.4. The molecule has 0 aliphatic heterocycles. The molecule has 132 valence electrons. The van der Waals surface area contributed by atoms with E-state index in [0.717, 1.165) is 23.6 Å². The molecule has 24 heavy (non-hydrogen) atoms. The Hall–Kier alpha value is -2.05. The van der Waals surface area contributed by atoms with Crippen LogP contribution in [0.1, 0.15) is 43.4 Å². The molecule has 1 unspecified atom stereocenters. The molecule has 1 aliphatic carbocycles. The highest BCUT2D eigenvalue weighted by Gasteiger charge is 2.36. The van der Waals surface area contributed by atoms with Crippen LogP contribution in [0.4, 0.5) is 13.2 Å². The Morgan fingerprint density at radius 1 is 1.50 bits per heavy atom. The Bertz CT molecular complexity index is 675. The molecule has 0 spiro atoms. The number of pyridine rings is 1. The maximum atomic E-state index is 13.1. The lowest BCUT2D eigenvalue weighted by atomic mass is 10.0. The predicted octanol–water partition coefficient (Wildman–Crippen LogP) is 3.50. The molecule has 2 rings (SSSR count). The Balaban J connectivity index is 2.49. The first-order valence-electron chi connectivity index (χ1n) is 7.87. The van der Waals surface area contributed by atoms with E-state index in [2.05, 4.69) is 6.58 Å². The molecule has 0 saturated heterocycles. The average Bonchev–Trinajstić information content (AvgIpc) is 3.30. The zero-order valence-electron chi connectivity index (χ0n) is 13.4. The number of esters is 1. The van der Waals surface area contributed by atoms with Crippen molar-refractivity contribution in [1.29, 1.82) is 0 Å². The number of carbonyl (C=O) groups excluding carboxylic acids is 1. The molecule has 0 aromatic carbocycles. The first-order chi connectivity index (χ1) is 11.3. The van der Waals surface area contributed by atoms with Crippen molar-refractivity contribution in [3.05, 3.63) is 46.4 Å². The van der Waals surface area contributed by atoms with Crippen LogP contribution in [0.15, 0.2) is 29.7 Å². The molecule has 1 aliphatic rings. The lowest BCUT2D eigenvalue weighted by molar-refractivity contribution is -0.147. The molecular formula is C17H20F3NO3. The van der Waals surface area contributed by atoms with Crippen LogP contribution >= 0.6 is 0 Å². The van der Waals surface area contributed by atoms with Crippen molar-refractivity contribution in [2.45, 2.75) is 44.8 Å². The molecule has 0 bridgehead atoms. The van der Waals surface area contributed by atoms with Gasteiger partial charge in [-0.15, -0.1) is 6.58 Å². The SMILES string of the molecule is C=CCc1cn(C(CC2CC2)C(=O)OCC)c(=O)cc1C(F)(F)F. The zero-order chi connectivity index (χ0) is 17.9. The van der Waals surface area contributed by atoms with Crippen molar-refractivity contribution in [2.24, 2.45) is 5.92 Å². The summed E-state index contributed by atoms with van der Waals surface area (Å²) >= 11 is 0. The van der Waals surface area contributed by atoms with Gasteiger partial charge >= 0.3 is 12.1 Å². The first kappa shape index (κ1) is 18.3. The topological polar surface area (TPSA) is 48.3 Å². The Labute approximate surface area is 137 Å². The van der Waals surface area contributed by atoms with Gasteiger partial charge in [0.05, 0.1) is 12.2 Å². The van der Waals surface area contributed by atoms with Gasteiger partial charge in [-0.3, -0.25) is 4.79 Å². The number of ether oxygens (including phenoxy) is 1. The van der Waals surface area contributed by atoms with Gasteiger partial charge in [0.1, 0.15) is 6.04 Å². The second kappa shape index (κ2) is 7.23. The smallest absolute Gasteiger partial charge is 0.416 e. The fourth-order valence-electron chi connectivity index (χ4n) is 2.65. The molecule has 1 aromatic heterocycles. The van der Waals surface area contributed by atoms with Crippen LogP contribution in [0.5, 0.6) is 0 Å². The predicted molar refractivity (Wildman–Crippen MR) is 82.6 cm³/mol. The lowest BCUT2D eigenvalue weighted by Crippen LogP contribution is -2.32. The van der Waals surface area contributed by atoms with E-state index in [9.17, 15) is 22.8 Å². The van der Waals surface area contributed by atoms with Gasteiger partial charge in [-0.05, 0) is 31.2 Å². The quantitative estimate of drug-likeness (QED) is 0.562. The Kier molecular flexibility index (Phi) is 5.51. The van der Waals surface area contributed by atoms with Crippen LogP contribution in [-0.2, 0) is 22.1 Å². The minimum absolute atomic E-state index is 0.0475. The normalized spacial score (nSPS) is 15.8. The summed E-state index contributed by atoms with van der Waals surface area (Å²) < 4.78 is 45.4. The van der Waals surface area contributed by atoms with E-state index in [1.54, 1.807) is 6.92 Å². The molecule has 1 fully saturated rings. The largest absolute Gasteiger partial charge is 0.464 e. The molecule has 4 nitrogen and oxygen atoms in total. The number of alkyl halides is 3. The molecule has 1 saturated carbocycles. The van der Waals surface area contributed by atoms with Gasteiger partial charge in [-0.1, -0.05) is 18.9 Å². The number of hydrogen-bond acceptors (Lipinski definition) is 3. The van der Waals surface area contributed by atoms with E-state index >= 15 is 0 Å². The summed E-state index contributed by atoms with van der Waals surface area (Å²) in [7, 11) is 0. The lowest BCUT2D eigenvalue weighted by Gasteiger charge is -2.21. The van der Waals surface area contributed by atoms with E-state index in [4.69, 9.17) is 4.74 Å². The number of allylic oxidation sites excluding steroid dienone is 1. The third-order valence-corrected chi connectivity index (χ3v) is 3.98. The summed E-state index contributed by atoms with van der Waals surface area (Å²) in [6.07, 6.45) is 0.0737. The third kappa shape index (κ3) is 4.27. The van der Waals surface area contributed by atoms with Crippen LogP contribution in [0.3, 0.4) is 0 Å². The maximum absolute atomic E-state index is 13.1. The Morgan fingerprint density at radius 2 is 2.17 bits per heavy atom. The van der Waals surface area contributed by atoms with Crippen LogP contribution in [0, 0.1) is 5.92 Å². The number of halogens is 3. The van der Waals surface area contributed by atoms with Gasteiger partial charge in [0.25, 0.3) is 5.56 Å². The van der Waals surface area contributed by atoms with E-state index in [-0.39, 0.29) is 18.6 Å². The van der Waals surface area contributed by atoms with Gasteiger partial charge < -0.3 is 9.30 Å². The first-order valence-corrected chi connectivity index (χ1v) is 7.87. The van der Waals surface area contributed by atoms with E-state index in [0.29, 0.717) is 18.4 Å². The number of nitrogens with zero attached hydrogens (tertiary/aromatic N) is 1. The summed E-state index contributed by atoms with van der Waals surface area (Å²) in [5.41, 5.74) is -1.92. The van der Waals surface area contributed by atoms with Crippen molar-refractivity contribution in [2.75, 3.05) is 6.61 Å². The van der Waals surface area contributed by atoms with Crippen molar-refractivity contribution < 1.29 is 22.7 Å². The zero-order valence-corrected chi connectivity index (χ0v) is 13.4. The fraction of sp³-hybridized carbons (Fsp3) is 0.529. The van der Waals surface area contributed by atoms with Gasteiger partial charge in [-0.25, -0.2) is 4.79 Å². The second-order valence-corrected chi connectivity index (χ2v) is 5.90. The van der Waals surface area contributed by atoms with Crippen LogP contribution in [0.25, 0.3) is 0 Å². The van der Waals surface area contributed by atoms with Gasteiger partial charge in [0.2, 0.25) is 0 Å². The van der Waals surface area contributed by atoms with E-state index < -0.39 is 29.3 Å². The minimum Gasteiger partial charge on any atom is -0.464 e. The summed E-state index contributed by atoms with van der Waals surface area (Å²) in [6, 6.07) is -0.339. The van der Waals surface area contributed by atoms with Crippen molar-refractivity contribution >= 4 is 5.97 Å².